The lowest BCUT2D eigenvalue weighted by molar-refractivity contribution is -0.139. The standard InChI is InChI=1S/C21H27N3O2.2C9H11NO2.3C8H9NO2.3C3H9NO2S.2C2H7N.C2H3N.4ClH/c1-23(21(26)14-22-18-10-6-3-7-11-18)20(17-8-4-2-5-9-17)16-24-13-12-19(25)15-24;2*1-12-9(11)7-10-8-5-3-2-4-6-8;3*10-8(11)6-9-7-4-2-1-3-5-7;3*1-3-4-7(2,5)6;3*1-2-3;;;;/h2-11,19-20,22,25H,12-16H2,1H3;2*2-6,10H,7H2,1H3;3*1-5,9H,6H2,(H,10,11);3*4H,3H2,1-2H3;2*2-3H2,1H3;1H3;4*1H/t19-,20+;;;;;;;;;;;;;;;/m0.............../s1. The Morgan fingerprint density at radius 1 is 0.453 bits per heavy atom. The molecule has 1 fully saturated rings. The molecular formula is C78H124Cl4N14O18S3. The molecule has 1 aliphatic rings. The van der Waals surface area contributed by atoms with Crippen LogP contribution in [0.5, 0.6) is 0 Å². The Labute approximate surface area is 717 Å². The number of rotatable bonds is 28. The van der Waals surface area contributed by atoms with Crippen molar-refractivity contribution in [3.8, 4) is 6.07 Å². The number of anilines is 6. The van der Waals surface area contributed by atoms with Gasteiger partial charge in [0.2, 0.25) is 36.0 Å². The van der Waals surface area contributed by atoms with E-state index >= 15 is 0 Å². The van der Waals surface area contributed by atoms with Gasteiger partial charge in [0.25, 0.3) is 0 Å². The highest BCUT2D eigenvalue weighted by molar-refractivity contribution is 7.89. The second-order valence-corrected chi connectivity index (χ2v) is 28.1. The number of carboxylic acids is 3. The fourth-order valence-corrected chi connectivity index (χ4v) is 9.55. The Morgan fingerprint density at radius 2 is 0.667 bits per heavy atom. The van der Waals surface area contributed by atoms with Gasteiger partial charge in [-0.25, -0.2) is 39.4 Å². The molecule has 32 nitrogen and oxygen atoms in total. The van der Waals surface area contributed by atoms with Crippen LogP contribution in [0.25, 0.3) is 0 Å². The summed E-state index contributed by atoms with van der Waals surface area (Å²) in [5, 5.41) is 59.3. The number of carboxylic acid groups (broad SMARTS) is 3. The number of amides is 1. The first-order valence-corrected chi connectivity index (χ1v) is 41.0. The molecular weight excluding hydrogens is 1660 g/mol. The Bertz CT molecular complexity index is 3700. The number of β-amino-alcohol motifs (C(OH)–C–C–N with tert-alkyl or cyclic N) is 1. The number of nitrogens with zero attached hydrogens (tertiary/aromatic N) is 3. The second-order valence-electron chi connectivity index (χ2n) is 22.6. The summed E-state index contributed by atoms with van der Waals surface area (Å²) in [5.74, 6) is -3.04. The quantitative estimate of drug-likeness (QED) is 0.0203. The molecule has 117 heavy (non-hydrogen) atoms. The van der Waals surface area contributed by atoms with Crippen molar-refractivity contribution < 1.29 is 83.9 Å². The zero-order valence-electron chi connectivity index (χ0n) is 68.3. The number of aliphatic carboxylic acids is 3. The van der Waals surface area contributed by atoms with Crippen molar-refractivity contribution in [1.82, 2.24) is 24.0 Å². The van der Waals surface area contributed by atoms with Crippen LogP contribution in [0.15, 0.2) is 212 Å². The fraction of sp³-hybridized carbons (Fsp3) is 0.372. The number of aliphatic hydroxyl groups is 1. The van der Waals surface area contributed by atoms with Crippen molar-refractivity contribution in [2.45, 2.75) is 60.1 Å². The highest BCUT2D eigenvalue weighted by Gasteiger charge is 2.28. The zero-order chi connectivity index (χ0) is 86.2. The Morgan fingerprint density at radius 3 is 0.846 bits per heavy atom. The number of hydrogen-bond acceptors (Lipinski definition) is 25. The van der Waals surface area contributed by atoms with Crippen LogP contribution in [0.1, 0.15) is 59.6 Å². The van der Waals surface area contributed by atoms with Gasteiger partial charge in [0.1, 0.15) is 32.7 Å². The van der Waals surface area contributed by atoms with Crippen LogP contribution < -0.4 is 57.5 Å². The lowest BCUT2D eigenvalue weighted by Gasteiger charge is -2.32. The third kappa shape index (κ3) is 84.1. The van der Waals surface area contributed by atoms with Crippen LogP contribution in [-0.2, 0) is 68.3 Å². The van der Waals surface area contributed by atoms with Crippen LogP contribution in [0, 0.1) is 11.3 Å². The number of nitrogens with two attached hydrogens (primary N) is 2. The highest BCUT2D eigenvalue weighted by Crippen LogP contribution is 2.23. The summed E-state index contributed by atoms with van der Waals surface area (Å²) in [4.78, 5) is 68.5. The summed E-state index contributed by atoms with van der Waals surface area (Å²) in [6.45, 7) is 16.2. The van der Waals surface area contributed by atoms with Crippen LogP contribution in [0.2, 0.25) is 0 Å². The number of ether oxygens (including phenoxy) is 2. The summed E-state index contributed by atoms with van der Waals surface area (Å²) in [6, 6.07) is 68.3. The van der Waals surface area contributed by atoms with Gasteiger partial charge >= 0.3 is 29.8 Å². The molecule has 1 saturated heterocycles. The molecule has 2 atom stereocenters. The first-order chi connectivity index (χ1) is 53.6. The third-order valence-corrected chi connectivity index (χ3v) is 15.1. The molecule has 1 aliphatic heterocycles. The van der Waals surface area contributed by atoms with Crippen molar-refractivity contribution in [3.63, 3.8) is 0 Å². The number of carbonyl (C=O) groups is 6. The maximum absolute atomic E-state index is 12.8. The van der Waals surface area contributed by atoms with Crippen molar-refractivity contribution in [2.75, 3.05) is 164 Å². The molecule has 1 heterocycles. The zero-order valence-corrected chi connectivity index (χ0v) is 74.0. The number of nitriles is 1. The molecule has 0 saturated carbocycles. The number of hydrogen-bond donors (Lipinski definition) is 15. The predicted octanol–water partition coefficient (Wildman–Crippen LogP) is 9.27. The molecule has 7 aromatic carbocycles. The number of likely N-dealkylation sites (tertiary alicyclic amines) is 1. The van der Waals surface area contributed by atoms with Gasteiger partial charge in [-0.15, -0.1) is 49.6 Å². The lowest BCUT2D eigenvalue weighted by Crippen LogP contribution is -2.41. The van der Waals surface area contributed by atoms with Gasteiger partial charge in [0, 0.05) is 87.4 Å². The molecule has 0 spiro atoms. The average Bonchev–Trinajstić information content (AvgIpc) is 1.83. The second kappa shape index (κ2) is 80.2. The molecule has 1 amide bonds. The van der Waals surface area contributed by atoms with E-state index in [0.717, 1.165) is 91.1 Å². The summed E-state index contributed by atoms with van der Waals surface area (Å²) in [7, 11) is -4.17. The molecule has 8 rings (SSSR count). The van der Waals surface area contributed by atoms with Crippen molar-refractivity contribution >= 4 is 150 Å². The number of para-hydroxylation sites is 6. The van der Waals surface area contributed by atoms with Crippen molar-refractivity contribution in [1.29, 1.82) is 5.26 Å². The number of halogens is 4. The number of nitrogens with one attached hydrogen (secondary N) is 9. The number of aliphatic hydroxyl groups excluding tert-OH is 1. The van der Waals surface area contributed by atoms with Crippen molar-refractivity contribution in [3.05, 3.63) is 218 Å². The fourth-order valence-electron chi connectivity index (χ4n) is 7.97. The minimum atomic E-state index is -2.92. The molecule has 0 unspecified atom stereocenters. The van der Waals surface area contributed by atoms with Crippen LogP contribution in [0.4, 0.5) is 34.1 Å². The van der Waals surface area contributed by atoms with E-state index < -0.39 is 48.0 Å². The van der Waals surface area contributed by atoms with E-state index in [1.807, 2.05) is 226 Å². The van der Waals surface area contributed by atoms with E-state index in [1.165, 1.54) is 21.1 Å². The largest absolute Gasteiger partial charge is 0.480 e. The van der Waals surface area contributed by atoms with E-state index in [0.29, 0.717) is 26.2 Å². The topological polar surface area (TPSA) is 495 Å². The number of esters is 2. The number of sulfonamides is 3. The van der Waals surface area contributed by atoms with Crippen LogP contribution in [0.3, 0.4) is 0 Å². The Balaban J connectivity index is -0.000000193. The van der Waals surface area contributed by atoms with Crippen LogP contribution >= 0.6 is 49.6 Å². The monoisotopic (exact) mass is 1780 g/mol. The molecule has 0 aromatic heterocycles. The molecule has 39 heteroatoms. The number of carbonyl (C=O) groups excluding carboxylic acids is 3. The molecule has 7 aromatic rings. The highest BCUT2D eigenvalue weighted by atomic mass is 35.5. The summed E-state index contributed by atoms with van der Waals surface area (Å²) >= 11 is 0. The molecule has 660 valence electrons. The van der Waals surface area contributed by atoms with Gasteiger partial charge in [-0.05, 0) is 97.9 Å². The molecule has 0 aliphatic carbocycles. The summed E-state index contributed by atoms with van der Waals surface area (Å²) in [6.07, 6.45) is 3.95. The third-order valence-electron chi connectivity index (χ3n) is 12.7. The number of methoxy groups -OCH3 is 2. The van der Waals surface area contributed by atoms with E-state index in [4.69, 9.17) is 32.0 Å². The van der Waals surface area contributed by atoms with Crippen molar-refractivity contribution in [2.24, 2.45) is 11.5 Å². The average molecular weight is 1780 g/mol. The van der Waals surface area contributed by atoms with Gasteiger partial charge < -0.3 is 78.2 Å². The maximum atomic E-state index is 12.8. The number of likely N-dealkylation sites (N-methyl/N-ethyl adjacent to an activating group) is 1. The van der Waals surface area contributed by atoms with Crippen LogP contribution in [-0.4, -0.2) is 229 Å². The normalized spacial score (nSPS) is 11.0. The Hall–Kier alpha value is -9.62. The van der Waals surface area contributed by atoms with Gasteiger partial charge in [0.05, 0.1) is 57.7 Å². The van der Waals surface area contributed by atoms with E-state index in [1.54, 1.807) is 26.8 Å². The Kier molecular flexibility index (Phi) is 84.3. The first-order valence-electron chi connectivity index (χ1n) is 35.4. The molecule has 0 bridgehead atoms. The summed E-state index contributed by atoms with van der Waals surface area (Å²) < 4.78 is 76.4. The van der Waals surface area contributed by atoms with Gasteiger partial charge in [-0.3, -0.25) is 33.7 Å². The van der Waals surface area contributed by atoms with Gasteiger partial charge in [-0.1, -0.05) is 174 Å². The summed E-state index contributed by atoms with van der Waals surface area (Å²) in [5.41, 5.74) is 16.1. The molecule has 0 radical (unpaired) electrons. The number of benzene rings is 7. The van der Waals surface area contributed by atoms with E-state index in [-0.39, 0.29) is 119 Å². The van der Waals surface area contributed by atoms with Gasteiger partial charge in [0.15, 0.2) is 0 Å². The first kappa shape index (κ1) is 123. The van der Waals surface area contributed by atoms with Gasteiger partial charge in [-0.2, -0.15) is 5.26 Å². The predicted molar refractivity (Wildman–Crippen MR) is 481 cm³/mol. The maximum Gasteiger partial charge on any atom is 0.325 e. The SMILES string of the molecule is CC#N.CCN.CCN.CCNS(C)(=O)=O.CCNS(C)(=O)=O.CCNS(C)(=O)=O.CN(C(=O)CNc1ccccc1)[C@H](CN1CC[C@H](O)C1)c1ccccc1.COC(=O)CNc1ccccc1.COC(=O)CNc1ccccc1.Cl.Cl.Cl.Cl.O=C(O)CNc1ccccc1.O=C(O)CNc1ccccc1.O=C(O)CNc1ccccc1. The van der Waals surface area contributed by atoms with E-state index in [2.05, 4.69) is 72.6 Å². The molecule has 17 N–H and O–H groups in total. The smallest absolute Gasteiger partial charge is 0.325 e. The minimum Gasteiger partial charge on any atom is -0.480 e. The lowest BCUT2D eigenvalue weighted by atomic mass is 10.0. The minimum absolute atomic E-state index is 0. The van der Waals surface area contributed by atoms with E-state index in [9.17, 15) is 59.1 Å².